The second kappa shape index (κ2) is 10.1. The molecule has 4 amide bonds. The molecule has 42 heavy (non-hydrogen) atoms. The zero-order chi connectivity index (χ0) is 31.4. The maximum Gasteiger partial charge on any atom is 0.506 e. The zero-order valence-corrected chi connectivity index (χ0v) is 25.7. The van der Waals surface area contributed by atoms with E-state index < -0.39 is 51.8 Å². The van der Waals surface area contributed by atoms with Crippen LogP contribution in [-0.4, -0.2) is 70.4 Å². The molecule has 226 valence electrons. The first-order valence-electron chi connectivity index (χ1n) is 12.1. The number of rotatable bonds is 2. The molecule has 2 fully saturated rings. The normalized spacial score (nSPS) is 19.8. The molecule has 0 unspecified atom stereocenters. The van der Waals surface area contributed by atoms with Crippen molar-refractivity contribution >= 4 is 70.7 Å². The Labute approximate surface area is 252 Å². The van der Waals surface area contributed by atoms with Crippen molar-refractivity contribution in [2.75, 3.05) is 14.1 Å². The lowest BCUT2D eigenvalue weighted by atomic mass is 9.96. The van der Waals surface area contributed by atoms with Gasteiger partial charge in [-0.05, 0) is 23.0 Å². The highest BCUT2D eigenvalue weighted by Crippen LogP contribution is 2.66. The van der Waals surface area contributed by atoms with E-state index in [-0.39, 0.29) is 21.6 Å². The third-order valence-electron chi connectivity index (χ3n) is 6.69. The van der Waals surface area contributed by atoms with Crippen molar-refractivity contribution in [3.05, 3.63) is 30.7 Å². The Morgan fingerprint density at radius 1 is 0.524 bits per heavy atom. The molecule has 0 bridgehead atoms. The number of amides is 4. The maximum atomic E-state index is 13.6. The lowest BCUT2D eigenvalue weighted by Gasteiger charge is -2.29. The van der Waals surface area contributed by atoms with Gasteiger partial charge in [0.1, 0.15) is 11.1 Å². The van der Waals surface area contributed by atoms with Crippen molar-refractivity contribution in [3.63, 3.8) is 0 Å². The van der Waals surface area contributed by atoms with E-state index in [0.29, 0.717) is 34.9 Å². The Morgan fingerprint density at radius 3 is 1.02 bits per heavy atom. The molecule has 18 heteroatoms. The van der Waals surface area contributed by atoms with Gasteiger partial charge in [0.25, 0.3) is 23.6 Å². The predicted octanol–water partition coefficient (Wildman–Crippen LogP) is 6.22. The number of thioether (sulfide) groups is 4. The Hall–Kier alpha value is -2.44. The standard InChI is InChI=1S/C24H20F6N4O4S4/c1-7(2)9-13-14(40-21(39-13)11-17(35)31(5)32(6)18(11)36)10(8(3)4)16-15(9)41-22(42-16)12-19(37)33(23(25,26)27)34(20(12)38)24(28,29)30/h7-8H,1-6H3. The second-order valence-corrected chi connectivity index (χ2v) is 14.6. The topological polar surface area (TPSA) is 81.2 Å². The lowest BCUT2D eigenvalue weighted by Crippen LogP contribution is -2.55. The number of alkyl halides is 6. The summed E-state index contributed by atoms with van der Waals surface area (Å²) in [5.74, 6) is -5.63. The number of carbonyl (C=O) groups is 4. The molecule has 1 aromatic rings. The summed E-state index contributed by atoms with van der Waals surface area (Å²) in [6.07, 6.45) is -11.6. The first-order chi connectivity index (χ1) is 19.3. The first-order valence-corrected chi connectivity index (χ1v) is 15.4. The van der Waals surface area contributed by atoms with Crippen molar-refractivity contribution < 1.29 is 45.5 Å². The molecule has 1 aromatic carbocycles. The van der Waals surface area contributed by atoms with Crippen LogP contribution in [0.5, 0.6) is 0 Å². The van der Waals surface area contributed by atoms with Gasteiger partial charge in [-0.2, -0.15) is 0 Å². The number of hydrogen-bond acceptors (Lipinski definition) is 8. The van der Waals surface area contributed by atoms with E-state index in [0.717, 1.165) is 23.5 Å². The Kier molecular flexibility index (Phi) is 7.42. The van der Waals surface area contributed by atoms with Gasteiger partial charge >= 0.3 is 12.6 Å². The lowest BCUT2D eigenvalue weighted by molar-refractivity contribution is -0.361. The molecule has 5 rings (SSSR count). The molecule has 0 aliphatic carbocycles. The van der Waals surface area contributed by atoms with Crippen LogP contribution in [0.3, 0.4) is 0 Å². The van der Waals surface area contributed by atoms with Gasteiger partial charge in [0.2, 0.25) is 0 Å². The zero-order valence-electron chi connectivity index (χ0n) is 22.5. The fraction of sp³-hybridized carbons (Fsp3) is 0.417. The maximum absolute atomic E-state index is 13.6. The van der Waals surface area contributed by atoms with Gasteiger partial charge in [-0.1, -0.05) is 74.7 Å². The third kappa shape index (κ3) is 4.51. The van der Waals surface area contributed by atoms with E-state index in [2.05, 4.69) is 0 Å². The van der Waals surface area contributed by atoms with Crippen molar-refractivity contribution in [2.24, 2.45) is 0 Å². The highest BCUT2D eigenvalue weighted by atomic mass is 32.2. The van der Waals surface area contributed by atoms with Crippen molar-refractivity contribution in [1.29, 1.82) is 0 Å². The Bertz CT molecular complexity index is 1450. The van der Waals surface area contributed by atoms with Gasteiger partial charge in [-0.25, -0.2) is 0 Å². The van der Waals surface area contributed by atoms with Crippen molar-refractivity contribution in [3.8, 4) is 0 Å². The number of carbonyl (C=O) groups excluding carboxylic acids is 4. The quantitative estimate of drug-likeness (QED) is 0.159. The molecule has 4 aliphatic heterocycles. The average molecular weight is 671 g/mol. The van der Waals surface area contributed by atoms with Gasteiger partial charge in [-0.3, -0.25) is 29.2 Å². The molecular weight excluding hydrogens is 651 g/mol. The SMILES string of the molecule is CC(C)c1c2c(c(C(C)C)c3c1SC(=C1C(=O)N(C(F)(F)F)N(C(F)(F)F)C1=O)S3)SC(=C1C(=O)N(C)N(C)C1=O)S2. The van der Waals surface area contributed by atoms with Gasteiger partial charge in [0.05, 0.1) is 8.47 Å². The number of benzene rings is 1. The van der Waals surface area contributed by atoms with E-state index in [1.165, 1.54) is 47.6 Å². The van der Waals surface area contributed by atoms with Gasteiger partial charge in [0.15, 0.2) is 0 Å². The fourth-order valence-electron chi connectivity index (χ4n) is 4.74. The molecule has 0 atom stereocenters. The number of hydrogen-bond donors (Lipinski definition) is 0. The highest BCUT2D eigenvalue weighted by molar-refractivity contribution is 8.25. The van der Waals surface area contributed by atoms with Crippen LogP contribution in [0.2, 0.25) is 0 Å². The van der Waals surface area contributed by atoms with Crippen molar-refractivity contribution in [1.82, 2.24) is 20.0 Å². The molecule has 2 saturated heterocycles. The van der Waals surface area contributed by atoms with Crippen LogP contribution in [0.4, 0.5) is 26.3 Å². The number of hydrazine groups is 2. The van der Waals surface area contributed by atoms with Crippen LogP contribution < -0.4 is 0 Å². The smallest absolute Gasteiger partial charge is 0.267 e. The summed E-state index contributed by atoms with van der Waals surface area (Å²) in [5.41, 5.74) is 0.157. The third-order valence-corrected chi connectivity index (χ3v) is 12.0. The monoisotopic (exact) mass is 670 g/mol. The minimum absolute atomic E-state index is 0.000480. The van der Waals surface area contributed by atoms with E-state index in [1.54, 1.807) is 0 Å². The van der Waals surface area contributed by atoms with E-state index in [1.807, 2.05) is 27.7 Å². The van der Waals surface area contributed by atoms with Crippen LogP contribution in [-0.2, 0) is 19.2 Å². The van der Waals surface area contributed by atoms with Gasteiger partial charge in [0, 0.05) is 33.7 Å². The molecule has 0 aromatic heterocycles. The predicted molar refractivity (Wildman–Crippen MR) is 143 cm³/mol. The van der Waals surface area contributed by atoms with E-state index in [9.17, 15) is 45.5 Å². The van der Waals surface area contributed by atoms with E-state index in [4.69, 9.17) is 0 Å². The second-order valence-electron chi connectivity index (χ2n) is 10.0. The molecule has 0 spiro atoms. The number of likely N-dealkylation sites (N-methyl/N-ethyl adjacent to an activating group) is 2. The van der Waals surface area contributed by atoms with Crippen LogP contribution in [0.15, 0.2) is 39.2 Å². The van der Waals surface area contributed by atoms with Crippen molar-refractivity contribution in [2.45, 2.75) is 71.7 Å². The van der Waals surface area contributed by atoms with Gasteiger partial charge < -0.3 is 0 Å². The summed E-state index contributed by atoms with van der Waals surface area (Å²) in [4.78, 5) is 53.7. The van der Waals surface area contributed by atoms with Crippen LogP contribution in [0, 0.1) is 0 Å². The first kappa shape index (κ1) is 31.0. The summed E-state index contributed by atoms with van der Waals surface area (Å²) in [7, 11) is 2.93. The largest absolute Gasteiger partial charge is 0.506 e. The molecule has 0 radical (unpaired) electrons. The van der Waals surface area contributed by atoms with Crippen LogP contribution in [0.1, 0.15) is 50.7 Å². The number of nitrogens with zero attached hydrogens (tertiary/aromatic N) is 4. The minimum atomic E-state index is -5.80. The molecule has 4 heterocycles. The molecule has 8 nitrogen and oxygen atoms in total. The Balaban J connectivity index is 1.68. The number of halogens is 6. The highest BCUT2D eigenvalue weighted by Gasteiger charge is 2.64. The fourth-order valence-corrected chi connectivity index (χ4v) is 11.2. The average Bonchev–Trinajstić information content (AvgIpc) is 3.56. The van der Waals surface area contributed by atoms with Gasteiger partial charge in [-0.15, -0.1) is 36.4 Å². The summed E-state index contributed by atoms with van der Waals surface area (Å²) >= 11 is 3.96. The molecular formula is C24H20F6N4O4S4. The molecule has 0 saturated carbocycles. The summed E-state index contributed by atoms with van der Waals surface area (Å²) in [6.45, 7) is 7.36. The Morgan fingerprint density at radius 2 is 0.786 bits per heavy atom. The summed E-state index contributed by atoms with van der Waals surface area (Å²) in [5, 5.41) is -0.643. The summed E-state index contributed by atoms with van der Waals surface area (Å²) < 4.78 is 81.6. The molecule has 0 N–H and O–H groups in total. The number of fused-ring (bicyclic) bond motifs is 2. The van der Waals surface area contributed by atoms with Crippen LogP contribution in [0.25, 0.3) is 0 Å². The molecule has 4 aliphatic rings. The minimum Gasteiger partial charge on any atom is -0.267 e. The van der Waals surface area contributed by atoms with E-state index >= 15 is 0 Å². The summed E-state index contributed by atoms with van der Waals surface area (Å²) in [6, 6.07) is 0. The van der Waals surface area contributed by atoms with Crippen LogP contribution >= 0.6 is 47.0 Å².